The molecule has 0 aromatic heterocycles. The maximum Gasteiger partial charge on any atom is 0.328 e. The van der Waals surface area contributed by atoms with Crippen LogP contribution in [0.3, 0.4) is 0 Å². The molecule has 1 saturated heterocycles. The van der Waals surface area contributed by atoms with E-state index in [1.165, 1.54) is 0 Å². The SMILES string of the molecule is CCCOS(=O)(=O)CC(=O)CC(=O)NC1CCOC1=O. The molecule has 0 bridgehead atoms. The fourth-order valence-electron chi connectivity index (χ4n) is 1.55. The van der Waals surface area contributed by atoms with E-state index >= 15 is 0 Å². The van der Waals surface area contributed by atoms with Crippen molar-refractivity contribution in [2.45, 2.75) is 32.2 Å². The number of carbonyl (C=O) groups is 3. The minimum Gasteiger partial charge on any atom is -0.464 e. The first-order chi connectivity index (χ1) is 9.34. The van der Waals surface area contributed by atoms with Crippen molar-refractivity contribution in [3.05, 3.63) is 0 Å². The Morgan fingerprint density at radius 3 is 2.70 bits per heavy atom. The van der Waals surface area contributed by atoms with Crippen molar-refractivity contribution in [1.82, 2.24) is 5.32 Å². The molecule has 0 aromatic carbocycles. The number of esters is 1. The minimum atomic E-state index is -3.95. The van der Waals surface area contributed by atoms with Crippen molar-refractivity contribution < 1.29 is 31.7 Å². The molecule has 20 heavy (non-hydrogen) atoms. The summed E-state index contributed by atoms with van der Waals surface area (Å²) in [6.45, 7) is 1.94. The quantitative estimate of drug-likeness (QED) is 0.352. The Labute approximate surface area is 116 Å². The summed E-state index contributed by atoms with van der Waals surface area (Å²) in [7, 11) is -3.95. The molecule has 0 spiro atoms. The summed E-state index contributed by atoms with van der Waals surface area (Å²) in [6.07, 6.45) is 0.229. The molecule has 1 N–H and O–H groups in total. The molecule has 1 fully saturated rings. The number of hydrogen-bond acceptors (Lipinski definition) is 7. The number of nitrogens with one attached hydrogen (secondary N) is 1. The number of cyclic esters (lactones) is 1. The topological polar surface area (TPSA) is 116 Å². The molecule has 1 unspecified atom stereocenters. The van der Waals surface area contributed by atoms with Crippen molar-refractivity contribution in [2.24, 2.45) is 0 Å². The van der Waals surface area contributed by atoms with Crippen LogP contribution in [0.1, 0.15) is 26.2 Å². The van der Waals surface area contributed by atoms with Crippen LogP contribution in [0.5, 0.6) is 0 Å². The van der Waals surface area contributed by atoms with Crippen LogP contribution < -0.4 is 5.32 Å². The van der Waals surface area contributed by atoms with E-state index in [0.29, 0.717) is 12.8 Å². The molecule has 1 heterocycles. The zero-order valence-electron chi connectivity index (χ0n) is 11.1. The van der Waals surface area contributed by atoms with Crippen LogP contribution in [-0.4, -0.2) is 51.1 Å². The van der Waals surface area contributed by atoms with Gasteiger partial charge in [-0.3, -0.25) is 13.8 Å². The van der Waals surface area contributed by atoms with Gasteiger partial charge in [0.05, 0.1) is 19.6 Å². The minimum absolute atomic E-state index is 0.00424. The Bertz CT molecular complexity index is 485. The van der Waals surface area contributed by atoms with Gasteiger partial charge in [-0.05, 0) is 6.42 Å². The second-order valence-electron chi connectivity index (χ2n) is 4.32. The molecule has 1 aliphatic rings. The maximum atomic E-state index is 11.5. The number of hydrogen-bond donors (Lipinski definition) is 1. The first-order valence-electron chi connectivity index (χ1n) is 6.19. The van der Waals surface area contributed by atoms with Gasteiger partial charge in [-0.25, -0.2) is 4.79 Å². The maximum absolute atomic E-state index is 11.5. The van der Waals surface area contributed by atoms with Gasteiger partial charge in [-0.15, -0.1) is 0 Å². The van der Waals surface area contributed by atoms with Crippen molar-refractivity contribution in [3.8, 4) is 0 Å². The summed E-state index contributed by atoms with van der Waals surface area (Å²) < 4.78 is 31.8. The van der Waals surface area contributed by atoms with E-state index < -0.39 is 46.0 Å². The Balaban J connectivity index is 2.38. The zero-order valence-corrected chi connectivity index (χ0v) is 11.9. The van der Waals surface area contributed by atoms with Gasteiger partial charge in [0, 0.05) is 6.42 Å². The highest BCUT2D eigenvalue weighted by atomic mass is 32.2. The van der Waals surface area contributed by atoms with Crippen LogP contribution in [0, 0.1) is 0 Å². The van der Waals surface area contributed by atoms with Gasteiger partial charge in [0.2, 0.25) is 5.91 Å². The Kier molecular flexibility index (Phi) is 6.08. The highest BCUT2D eigenvalue weighted by Gasteiger charge is 2.29. The smallest absolute Gasteiger partial charge is 0.328 e. The first kappa shape index (κ1) is 16.6. The van der Waals surface area contributed by atoms with E-state index in [2.05, 4.69) is 14.2 Å². The van der Waals surface area contributed by atoms with E-state index in [-0.39, 0.29) is 13.2 Å². The summed E-state index contributed by atoms with van der Waals surface area (Å²) in [5.41, 5.74) is 0. The molecular formula is C11H17NO7S. The van der Waals surface area contributed by atoms with Crippen LogP contribution in [0.2, 0.25) is 0 Å². The first-order valence-corrected chi connectivity index (χ1v) is 7.76. The van der Waals surface area contributed by atoms with E-state index in [9.17, 15) is 22.8 Å². The summed E-state index contributed by atoms with van der Waals surface area (Å²) in [6, 6.07) is -0.761. The molecule has 1 amide bonds. The Morgan fingerprint density at radius 2 is 2.15 bits per heavy atom. The van der Waals surface area contributed by atoms with Gasteiger partial charge in [0.25, 0.3) is 10.1 Å². The number of ether oxygens (including phenoxy) is 1. The Morgan fingerprint density at radius 1 is 1.45 bits per heavy atom. The highest BCUT2D eigenvalue weighted by molar-refractivity contribution is 7.87. The molecule has 1 atom stereocenters. The fourth-order valence-corrected chi connectivity index (χ4v) is 2.55. The van der Waals surface area contributed by atoms with Gasteiger partial charge >= 0.3 is 5.97 Å². The highest BCUT2D eigenvalue weighted by Crippen LogP contribution is 2.06. The number of rotatable bonds is 8. The lowest BCUT2D eigenvalue weighted by Gasteiger charge is -2.08. The average molecular weight is 307 g/mol. The van der Waals surface area contributed by atoms with Crippen LogP contribution in [0.4, 0.5) is 0 Å². The second-order valence-corrected chi connectivity index (χ2v) is 5.96. The predicted molar refractivity (Wildman–Crippen MR) is 67.2 cm³/mol. The lowest BCUT2D eigenvalue weighted by molar-refractivity contribution is -0.141. The van der Waals surface area contributed by atoms with E-state index in [4.69, 9.17) is 0 Å². The van der Waals surface area contributed by atoms with Crippen LogP contribution >= 0.6 is 0 Å². The van der Waals surface area contributed by atoms with Crippen LogP contribution in [0.25, 0.3) is 0 Å². The summed E-state index contributed by atoms with van der Waals surface area (Å²) in [5.74, 6) is -2.89. The molecule has 9 heteroatoms. The third kappa shape index (κ3) is 5.66. The van der Waals surface area contributed by atoms with Gasteiger partial charge in [-0.1, -0.05) is 6.92 Å². The van der Waals surface area contributed by atoms with Gasteiger partial charge < -0.3 is 10.1 Å². The third-order valence-electron chi connectivity index (χ3n) is 2.43. The lowest BCUT2D eigenvalue weighted by atomic mass is 10.2. The standard InChI is InChI=1S/C11H17NO7S/c1-2-4-19-20(16,17)7-8(13)6-10(14)12-9-3-5-18-11(9)15/h9H,2-7H2,1H3,(H,12,14). The zero-order chi connectivity index (χ0) is 15.2. The summed E-state index contributed by atoms with van der Waals surface area (Å²) in [5, 5.41) is 2.32. The van der Waals surface area contributed by atoms with Gasteiger partial charge in [-0.2, -0.15) is 8.42 Å². The molecule has 114 valence electrons. The van der Waals surface area contributed by atoms with Crippen molar-refractivity contribution >= 4 is 27.8 Å². The second kappa shape index (κ2) is 7.34. The largest absolute Gasteiger partial charge is 0.464 e. The van der Waals surface area contributed by atoms with E-state index in [0.717, 1.165) is 0 Å². The normalized spacial score (nSPS) is 18.6. The fraction of sp³-hybridized carbons (Fsp3) is 0.727. The molecule has 1 rings (SSSR count). The summed E-state index contributed by atoms with van der Waals surface area (Å²) in [4.78, 5) is 34.0. The molecule has 0 radical (unpaired) electrons. The molecular weight excluding hydrogens is 290 g/mol. The van der Waals surface area contributed by atoms with Crippen molar-refractivity contribution in [1.29, 1.82) is 0 Å². The van der Waals surface area contributed by atoms with Gasteiger partial charge in [0.1, 0.15) is 11.8 Å². The van der Waals surface area contributed by atoms with E-state index in [1.54, 1.807) is 6.92 Å². The number of carbonyl (C=O) groups excluding carboxylic acids is 3. The number of Topliss-reactive ketones (excluding diaryl/α,β-unsaturated/α-hetero) is 1. The molecule has 8 nitrogen and oxygen atoms in total. The molecule has 0 saturated carbocycles. The van der Waals surface area contributed by atoms with Crippen LogP contribution in [0.15, 0.2) is 0 Å². The van der Waals surface area contributed by atoms with Crippen molar-refractivity contribution in [3.63, 3.8) is 0 Å². The lowest BCUT2D eigenvalue weighted by Crippen LogP contribution is -2.39. The monoisotopic (exact) mass is 307 g/mol. The predicted octanol–water partition coefficient (Wildman–Crippen LogP) is -0.866. The van der Waals surface area contributed by atoms with E-state index in [1.807, 2.05) is 0 Å². The molecule has 1 aliphatic heterocycles. The average Bonchev–Trinajstić information content (AvgIpc) is 2.71. The number of amides is 1. The molecule has 0 aliphatic carbocycles. The Hall–Kier alpha value is -1.48. The number of ketones is 1. The summed E-state index contributed by atoms with van der Waals surface area (Å²) >= 11 is 0. The van der Waals surface area contributed by atoms with Crippen LogP contribution in [-0.2, 0) is 33.4 Å². The van der Waals surface area contributed by atoms with Crippen molar-refractivity contribution in [2.75, 3.05) is 19.0 Å². The van der Waals surface area contributed by atoms with Gasteiger partial charge in [0.15, 0.2) is 5.78 Å². The third-order valence-corrected chi connectivity index (χ3v) is 3.63. The molecule has 0 aromatic rings.